The third kappa shape index (κ3) is 4.35. The van der Waals surface area contributed by atoms with E-state index in [1.807, 2.05) is 11.3 Å². The predicted octanol–water partition coefficient (Wildman–Crippen LogP) is 3.83. The van der Waals surface area contributed by atoms with Crippen LogP contribution in [0.2, 0.25) is 0 Å². The molecule has 0 aliphatic carbocycles. The average Bonchev–Trinajstić information content (AvgIpc) is 2.70. The van der Waals surface area contributed by atoms with E-state index in [1.165, 1.54) is 30.6 Å². The van der Waals surface area contributed by atoms with Crippen molar-refractivity contribution in [3.63, 3.8) is 0 Å². The first-order valence-electron chi connectivity index (χ1n) is 6.05. The van der Waals surface area contributed by atoms with E-state index in [-0.39, 0.29) is 0 Å². The molecule has 1 heterocycles. The second-order valence-corrected chi connectivity index (χ2v) is 5.32. The summed E-state index contributed by atoms with van der Waals surface area (Å²) in [5.74, 6) is 0.710. The van der Waals surface area contributed by atoms with E-state index in [2.05, 4.69) is 31.4 Å². The van der Waals surface area contributed by atoms with Gasteiger partial charge in [-0.05, 0) is 36.6 Å². The Morgan fingerprint density at radius 3 is 2.40 bits per heavy atom. The maximum absolute atomic E-state index is 6.29. The molecule has 2 N–H and O–H groups in total. The molecule has 0 saturated carbocycles. The largest absolute Gasteiger partial charge is 0.327 e. The Morgan fingerprint density at radius 2 is 1.93 bits per heavy atom. The van der Waals surface area contributed by atoms with Crippen molar-refractivity contribution in [2.75, 3.05) is 0 Å². The summed E-state index contributed by atoms with van der Waals surface area (Å²) in [6, 6.07) is 4.66. The van der Waals surface area contributed by atoms with E-state index in [0.717, 1.165) is 6.42 Å². The standard InChI is InChI=1S/C13H23NS/c1-3-6-11(7-4-2)13(14)10-12-8-5-9-15-12/h5,8-9,11,13H,3-4,6-7,10,14H2,1-2H3. The molecular formula is C13H23NS. The van der Waals surface area contributed by atoms with Crippen molar-refractivity contribution >= 4 is 11.3 Å². The minimum atomic E-state index is 0.351. The molecule has 0 aliphatic heterocycles. The van der Waals surface area contributed by atoms with Crippen molar-refractivity contribution in [2.45, 2.75) is 52.0 Å². The van der Waals surface area contributed by atoms with E-state index >= 15 is 0 Å². The highest BCUT2D eigenvalue weighted by Crippen LogP contribution is 2.21. The fraction of sp³-hybridized carbons (Fsp3) is 0.692. The van der Waals surface area contributed by atoms with Crippen molar-refractivity contribution in [2.24, 2.45) is 11.7 Å². The Balaban J connectivity index is 2.44. The molecule has 0 spiro atoms. The van der Waals surface area contributed by atoms with Gasteiger partial charge in [0.25, 0.3) is 0 Å². The quantitative estimate of drug-likeness (QED) is 0.750. The number of nitrogens with two attached hydrogens (primary N) is 1. The van der Waals surface area contributed by atoms with Crippen molar-refractivity contribution in [3.05, 3.63) is 22.4 Å². The normalized spacial score (nSPS) is 13.3. The molecule has 0 aromatic carbocycles. The van der Waals surface area contributed by atoms with E-state index in [0.29, 0.717) is 12.0 Å². The van der Waals surface area contributed by atoms with Gasteiger partial charge in [-0.1, -0.05) is 32.8 Å². The smallest absolute Gasteiger partial charge is 0.0116 e. The molecule has 1 aromatic heterocycles. The molecule has 0 bridgehead atoms. The van der Waals surface area contributed by atoms with Crippen LogP contribution in [0.15, 0.2) is 17.5 Å². The summed E-state index contributed by atoms with van der Waals surface area (Å²) in [5.41, 5.74) is 6.29. The van der Waals surface area contributed by atoms with Gasteiger partial charge in [0.1, 0.15) is 0 Å². The Hall–Kier alpha value is -0.340. The average molecular weight is 225 g/mol. The first-order chi connectivity index (χ1) is 7.27. The van der Waals surface area contributed by atoms with Gasteiger partial charge in [0.05, 0.1) is 0 Å². The van der Waals surface area contributed by atoms with Crippen molar-refractivity contribution in [1.29, 1.82) is 0 Å². The van der Waals surface area contributed by atoms with E-state index in [1.54, 1.807) is 0 Å². The van der Waals surface area contributed by atoms with Crippen LogP contribution in [0.5, 0.6) is 0 Å². The third-order valence-corrected chi connectivity index (χ3v) is 3.84. The molecule has 1 nitrogen and oxygen atoms in total. The molecule has 86 valence electrons. The van der Waals surface area contributed by atoms with Crippen LogP contribution in [0, 0.1) is 5.92 Å². The second kappa shape index (κ2) is 7.02. The Kier molecular flexibility index (Phi) is 5.96. The minimum absolute atomic E-state index is 0.351. The van der Waals surface area contributed by atoms with Crippen molar-refractivity contribution < 1.29 is 0 Å². The van der Waals surface area contributed by atoms with Gasteiger partial charge in [0.2, 0.25) is 0 Å². The first kappa shape index (κ1) is 12.7. The lowest BCUT2D eigenvalue weighted by Crippen LogP contribution is -2.32. The second-order valence-electron chi connectivity index (χ2n) is 4.28. The Labute approximate surface area is 97.7 Å². The molecule has 1 aromatic rings. The maximum atomic E-state index is 6.29. The third-order valence-electron chi connectivity index (χ3n) is 2.94. The first-order valence-corrected chi connectivity index (χ1v) is 6.93. The van der Waals surface area contributed by atoms with E-state index in [4.69, 9.17) is 5.73 Å². The van der Waals surface area contributed by atoms with Gasteiger partial charge >= 0.3 is 0 Å². The van der Waals surface area contributed by atoms with Crippen LogP contribution in [0.3, 0.4) is 0 Å². The minimum Gasteiger partial charge on any atom is -0.327 e. The highest BCUT2D eigenvalue weighted by atomic mass is 32.1. The lowest BCUT2D eigenvalue weighted by Gasteiger charge is -2.22. The summed E-state index contributed by atoms with van der Waals surface area (Å²) in [5, 5.41) is 2.14. The molecule has 15 heavy (non-hydrogen) atoms. The summed E-state index contributed by atoms with van der Waals surface area (Å²) in [6.07, 6.45) is 6.12. The zero-order chi connectivity index (χ0) is 11.1. The lowest BCUT2D eigenvalue weighted by atomic mass is 9.89. The zero-order valence-corrected chi connectivity index (χ0v) is 10.7. The highest BCUT2D eigenvalue weighted by molar-refractivity contribution is 7.09. The maximum Gasteiger partial charge on any atom is 0.0116 e. The van der Waals surface area contributed by atoms with Crippen LogP contribution in [-0.4, -0.2) is 6.04 Å². The van der Waals surface area contributed by atoms with Crippen LogP contribution in [0.1, 0.15) is 44.4 Å². The van der Waals surface area contributed by atoms with Gasteiger partial charge in [-0.2, -0.15) is 0 Å². The molecule has 2 heteroatoms. The van der Waals surface area contributed by atoms with Gasteiger partial charge in [0.15, 0.2) is 0 Å². The predicted molar refractivity (Wildman–Crippen MR) is 69.3 cm³/mol. The lowest BCUT2D eigenvalue weighted by molar-refractivity contribution is 0.361. The summed E-state index contributed by atoms with van der Waals surface area (Å²) in [6.45, 7) is 4.50. The number of hydrogen-bond acceptors (Lipinski definition) is 2. The molecule has 1 rings (SSSR count). The fourth-order valence-corrected chi connectivity index (χ4v) is 2.92. The van der Waals surface area contributed by atoms with E-state index in [9.17, 15) is 0 Å². The topological polar surface area (TPSA) is 26.0 Å². The van der Waals surface area contributed by atoms with Crippen LogP contribution in [0.25, 0.3) is 0 Å². The molecule has 1 atom stereocenters. The van der Waals surface area contributed by atoms with Gasteiger partial charge in [-0.25, -0.2) is 0 Å². The number of hydrogen-bond donors (Lipinski definition) is 1. The van der Waals surface area contributed by atoms with Gasteiger partial charge in [-0.15, -0.1) is 11.3 Å². The summed E-state index contributed by atoms with van der Waals surface area (Å²) in [4.78, 5) is 1.43. The molecule has 0 fully saturated rings. The molecule has 0 radical (unpaired) electrons. The van der Waals surface area contributed by atoms with Crippen molar-refractivity contribution in [1.82, 2.24) is 0 Å². The highest BCUT2D eigenvalue weighted by Gasteiger charge is 2.16. The van der Waals surface area contributed by atoms with Gasteiger partial charge in [-0.3, -0.25) is 0 Å². The Morgan fingerprint density at radius 1 is 1.27 bits per heavy atom. The van der Waals surface area contributed by atoms with Gasteiger partial charge in [0, 0.05) is 10.9 Å². The van der Waals surface area contributed by atoms with Crippen LogP contribution < -0.4 is 5.73 Å². The summed E-state index contributed by atoms with van der Waals surface area (Å²) < 4.78 is 0. The van der Waals surface area contributed by atoms with Gasteiger partial charge < -0.3 is 5.73 Å². The number of rotatable bonds is 7. The van der Waals surface area contributed by atoms with Crippen LogP contribution >= 0.6 is 11.3 Å². The molecule has 1 unspecified atom stereocenters. The molecule has 0 saturated heterocycles. The van der Waals surface area contributed by atoms with Crippen molar-refractivity contribution in [3.8, 4) is 0 Å². The summed E-state index contributed by atoms with van der Waals surface area (Å²) >= 11 is 1.82. The number of thiophene rings is 1. The molecule has 0 amide bonds. The fourth-order valence-electron chi connectivity index (χ4n) is 2.14. The zero-order valence-electron chi connectivity index (χ0n) is 9.91. The monoisotopic (exact) mass is 225 g/mol. The molecular weight excluding hydrogens is 202 g/mol. The summed E-state index contributed by atoms with van der Waals surface area (Å²) in [7, 11) is 0. The van der Waals surface area contributed by atoms with Crippen LogP contribution in [-0.2, 0) is 6.42 Å². The Bertz CT molecular complexity index is 237. The van der Waals surface area contributed by atoms with E-state index < -0.39 is 0 Å². The molecule has 0 aliphatic rings. The van der Waals surface area contributed by atoms with Crippen LogP contribution in [0.4, 0.5) is 0 Å². The SMILES string of the molecule is CCCC(CCC)C(N)Cc1cccs1.